The third-order valence-corrected chi connectivity index (χ3v) is 4.59. The third kappa shape index (κ3) is 4.47. The Labute approximate surface area is 147 Å². The second-order valence-electron chi connectivity index (χ2n) is 6.47. The van der Waals surface area contributed by atoms with Gasteiger partial charge < -0.3 is 16.0 Å². The predicted octanol–water partition coefficient (Wildman–Crippen LogP) is 2.13. The predicted molar refractivity (Wildman–Crippen MR) is 95.1 cm³/mol. The molecule has 1 atom stereocenters. The fourth-order valence-electron chi connectivity index (χ4n) is 3.21. The summed E-state index contributed by atoms with van der Waals surface area (Å²) in [5.74, 6) is -0.953. The third-order valence-electron chi connectivity index (χ3n) is 4.59. The highest BCUT2D eigenvalue weighted by Crippen LogP contribution is 2.20. The topological polar surface area (TPSA) is 87.3 Å². The highest BCUT2D eigenvalue weighted by Gasteiger charge is 2.29. The van der Waals surface area contributed by atoms with Gasteiger partial charge in [-0.25, -0.2) is 0 Å². The number of hydrogen-bond acceptors (Lipinski definition) is 3. The van der Waals surface area contributed by atoms with Gasteiger partial charge in [-0.15, -0.1) is 0 Å². The molecule has 6 nitrogen and oxygen atoms in total. The van der Waals surface area contributed by atoms with Gasteiger partial charge >= 0.3 is 0 Å². The molecule has 2 aliphatic rings. The summed E-state index contributed by atoms with van der Waals surface area (Å²) >= 11 is 0. The van der Waals surface area contributed by atoms with Crippen molar-refractivity contribution in [3.63, 3.8) is 0 Å². The number of carbonyl (C=O) groups excluding carboxylic acids is 3. The molecule has 25 heavy (non-hydrogen) atoms. The van der Waals surface area contributed by atoms with E-state index in [2.05, 4.69) is 22.0 Å². The van der Waals surface area contributed by atoms with Crippen molar-refractivity contribution in [3.05, 3.63) is 41.5 Å². The summed E-state index contributed by atoms with van der Waals surface area (Å²) in [6.07, 6.45) is 7.73. The van der Waals surface area contributed by atoms with E-state index in [1.165, 1.54) is 18.4 Å². The van der Waals surface area contributed by atoms with E-state index >= 15 is 0 Å². The summed E-state index contributed by atoms with van der Waals surface area (Å²) < 4.78 is 0. The van der Waals surface area contributed by atoms with Gasteiger partial charge in [-0.3, -0.25) is 14.4 Å². The zero-order valence-corrected chi connectivity index (χ0v) is 14.1. The minimum Gasteiger partial charge on any atom is -0.356 e. The molecule has 1 aliphatic heterocycles. The highest BCUT2D eigenvalue weighted by molar-refractivity contribution is 6.10. The molecule has 0 bridgehead atoms. The van der Waals surface area contributed by atoms with Crippen LogP contribution in [0.15, 0.2) is 35.9 Å². The molecule has 0 spiro atoms. The average molecular weight is 341 g/mol. The Morgan fingerprint density at radius 2 is 2.04 bits per heavy atom. The molecule has 0 unspecified atom stereocenters. The van der Waals surface area contributed by atoms with Gasteiger partial charge in [-0.05, 0) is 44.2 Å². The number of para-hydroxylation sites is 1. The fourth-order valence-corrected chi connectivity index (χ4v) is 3.21. The SMILES string of the molecule is O=C(C[C@H]1NC(=O)c2ccccc2NC1=O)NCCC1=CCCCC1. The van der Waals surface area contributed by atoms with E-state index in [-0.39, 0.29) is 24.1 Å². The standard InChI is InChI=1S/C19H23N3O3/c23-17(20-11-10-13-6-2-1-3-7-13)12-16-19(25)21-15-9-5-4-8-14(15)18(24)22-16/h4-6,8-9,16H,1-3,7,10-12H2,(H,20,23)(H,21,25)(H,22,24)/t16-/m1/s1. The van der Waals surface area contributed by atoms with Crippen LogP contribution in [0.5, 0.6) is 0 Å². The molecule has 0 aromatic heterocycles. The van der Waals surface area contributed by atoms with Crippen molar-refractivity contribution in [2.24, 2.45) is 0 Å². The molecule has 3 N–H and O–H groups in total. The molecule has 3 amide bonds. The molecule has 0 radical (unpaired) electrons. The number of benzene rings is 1. The first kappa shape index (κ1) is 17.2. The summed E-state index contributed by atoms with van der Waals surface area (Å²) in [5.41, 5.74) is 2.27. The molecule has 6 heteroatoms. The van der Waals surface area contributed by atoms with Gasteiger partial charge in [-0.2, -0.15) is 0 Å². The van der Waals surface area contributed by atoms with E-state index in [0.717, 1.165) is 19.3 Å². The zero-order valence-electron chi connectivity index (χ0n) is 14.1. The summed E-state index contributed by atoms with van der Waals surface area (Å²) in [6, 6.07) is 5.93. The van der Waals surface area contributed by atoms with E-state index in [1.54, 1.807) is 24.3 Å². The van der Waals surface area contributed by atoms with Crippen LogP contribution >= 0.6 is 0 Å². The number of rotatable bonds is 5. The Hall–Kier alpha value is -2.63. The molecular weight excluding hydrogens is 318 g/mol. The highest BCUT2D eigenvalue weighted by atomic mass is 16.2. The van der Waals surface area contributed by atoms with Gasteiger partial charge in [0.05, 0.1) is 17.7 Å². The van der Waals surface area contributed by atoms with Crippen molar-refractivity contribution in [1.29, 1.82) is 0 Å². The van der Waals surface area contributed by atoms with Crippen LogP contribution in [-0.4, -0.2) is 30.3 Å². The van der Waals surface area contributed by atoms with E-state index in [9.17, 15) is 14.4 Å². The Balaban J connectivity index is 1.52. The second kappa shape index (κ2) is 7.96. The Kier molecular flexibility index (Phi) is 5.48. The Morgan fingerprint density at radius 1 is 1.20 bits per heavy atom. The fraction of sp³-hybridized carbons (Fsp3) is 0.421. The molecule has 0 fully saturated rings. The van der Waals surface area contributed by atoms with Gasteiger partial charge in [0.1, 0.15) is 6.04 Å². The van der Waals surface area contributed by atoms with E-state index in [4.69, 9.17) is 0 Å². The maximum atomic E-state index is 12.3. The summed E-state index contributed by atoms with van der Waals surface area (Å²) in [7, 11) is 0. The van der Waals surface area contributed by atoms with Gasteiger partial charge in [0.25, 0.3) is 5.91 Å². The maximum Gasteiger partial charge on any atom is 0.254 e. The molecule has 1 aromatic rings. The summed E-state index contributed by atoms with van der Waals surface area (Å²) in [6.45, 7) is 0.563. The van der Waals surface area contributed by atoms with Crippen LogP contribution in [0, 0.1) is 0 Å². The van der Waals surface area contributed by atoms with Crippen LogP contribution in [0.4, 0.5) is 5.69 Å². The average Bonchev–Trinajstić information content (AvgIpc) is 2.73. The molecule has 132 valence electrons. The van der Waals surface area contributed by atoms with Crippen LogP contribution in [0.2, 0.25) is 0 Å². The van der Waals surface area contributed by atoms with Crippen LogP contribution in [0.25, 0.3) is 0 Å². The Morgan fingerprint density at radius 3 is 2.84 bits per heavy atom. The maximum absolute atomic E-state index is 12.3. The number of carbonyl (C=O) groups is 3. The lowest BCUT2D eigenvalue weighted by atomic mass is 9.97. The number of anilines is 1. The monoisotopic (exact) mass is 341 g/mol. The van der Waals surface area contributed by atoms with Crippen LogP contribution in [-0.2, 0) is 9.59 Å². The van der Waals surface area contributed by atoms with Crippen molar-refractivity contribution < 1.29 is 14.4 Å². The lowest BCUT2D eigenvalue weighted by Gasteiger charge is -2.15. The van der Waals surface area contributed by atoms with Gasteiger partial charge in [-0.1, -0.05) is 23.8 Å². The van der Waals surface area contributed by atoms with Crippen LogP contribution in [0.1, 0.15) is 48.9 Å². The number of hydrogen-bond donors (Lipinski definition) is 3. The minimum absolute atomic E-state index is 0.0649. The number of nitrogens with one attached hydrogen (secondary N) is 3. The van der Waals surface area contributed by atoms with Gasteiger partial charge in [0.2, 0.25) is 11.8 Å². The molecule has 3 rings (SSSR count). The zero-order chi connectivity index (χ0) is 17.6. The first-order chi connectivity index (χ1) is 12.1. The van der Waals surface area contributed by atoms with Crippen molar-refractivity contribution in [1.82, 2.24) is 10.6 Å². The van der Waals surface area contributed by atoms with Crippen LogP contribution in [0.3, 0.4) is 0 Å². The van der Waals surface area contributed by atoms with Crippen molar-refractivity contribution >= 4 is 23.4 Å². The van der Waals surface area contributed by atoms with E-state index in [1.807, 2.05) is 0 Å². The van der Waals surface area contributed by atoms with Gasteiger partial charge in [0, 0.05) is 6.54 Å². The molecule has 1 aromatic carbocycles. The second-order valence-corrected chi connectivity index (χ2v) is 6.47. The molecule has 0 saturated carbocycles. The van der Waals surface area contributed by atoms with E-state index < -0.39 is 6.04 Å². The van der Waals surface area contributed by atoms with Crippen molar-refractivity contribution in [2.45, 2.75) is 44.6 Å². The van der Waals surface area contributed by atoms with E-state index in [0.29, 0.717) is 17.8 Å². The molecule has 0 saturated heterocycles. The summed E-state index contributed by atoms with van der Waals surface area (Å²) in [5, 5.41) is 8.18. The smallest absolute Gasteiger partial charge is 0.254 e. The molecule has 1 heterocycles. The number of allylic oxidation sites excluding steroid dienone is 1. The van der Waals surface area contributed by atoms with Crippen molar-refractivity contribution in [3.8, 4) is 0 Å². The minimum atomic E-state index is -0.867. The quantitative estimate of drug-likeness (QED) is 0.717. The number of fused-ring (bicyclic) bond motifs is 1. The largest absolute Gasteiger partial charge is 0.356 e. The number of amides is 3. The Bertz CT molecular complexity index is 712. The molecular formula is C19H23N3O3. The normalized spacial score (nSPS) is 19.8. The lowest BCUT2D eigenvalue weighted by Crippen LogP contribution is -2.44. The summed E-state index contributed by atoms with van der Waals surface area (Å²) in [4.78, 5) is 36.6. The van der Waals surface area contributed by atoms with Gasteiger partial charge in [0.15, 0.2) is 0 Å². The van der Waals surface area contributed by atoms with Crippen LogP contribution < -0.4 is 16.0 Å². The van der Waals surface area contributed by atoms with Crippen molar-refractivity contribution in [2.75, 3.05) is 11.9 Å². The first-order valence-corrected chi connectivity index (χ1v) is 8.79. The first-order valence-electron chi connectivity index (χ1n) is 8.79. The lowest BCUT2D eigenvalue weighted by molar-refractivity contribution is -0.125. The molecule has 1 aliphatic carbocycles.